The molecular weight excluding hydrogens is 324 g/mol. The number of ether oxygens (including phenoxy) is 1. The lowest BCUT2D eigenvalue weighted by molar-refractivity contribution is 0.190. The van der Waals surface area contributed by atoms with Crippen LogP contribution in [0.5, 0.6) is 5.75 Å². The molecule has 1 aliphatic rings. The van der Waals surface area contributed by atoms with Crippen molar-refractivity contribution in [1.29, 1.82) is 0 Å². The van der Waals surface area contributed by atoms with E-state index in [2.05, 4.69) is 41.8 Å². The molecule has 0 radical (unpaired) electrons. The second kappa shape index (κ2) is 7.11. The fourth-order valence-electron chi connectivity index (χ4n) is 2.86. The number of rotatable bonds is 5. The van der Waals surface area contributed by atoms with Crippen LogP contribution >= 0.6 is 11.6 Å². The predicted octanol–water partition coefficient (Wildman–Crippen LogP) is 3.51. The van der Waals surface area contributed by atoms with Gasteiger partial charge in [0.2, 0.25) is 0 Å². The van der Waals surface area contributed by atoms with Gasteiger partial charge >= 0.3 is 0 Å². The molecule has 2 aromatic rings. The summed E-state index contributed by atoms with van der Waals surface area (Å²) in [4.78, 5) is 6.67. The van der Waals surface area contributed by atoms with E-state index in [-0.39, 0.29) is 5.41 Å². The molecule has 24 heavy (non-hydrogen) atoms. The summed E-state index contributed by atoms with van der Waals surface area (Å²) in [5.41, 5.74) is 1.31. The summed E-state index contributed by atoms with van der Waals surface area (Å²) in [6.07, 6.45) is 2.59. The number of nitrogens with zero attached hydrogens (tertiary/aromatic N) is 4. The van der Waals surface area contributed by atoms with Crippen LogP contribution in [0, 0.1) is 0 Å². The highest BCUT2D eigenvalue weighted by Gasteiger charge is 2.17. The normalized spacial score (nSPS) is 15.3. The summed E-state index contributed by atoms with van der Waals surface area (Å²) in [5.74, 6) is 1.81. The molecule has 0 spiro atoms. The zero-order valence-corrected chi connectivity index (χ0v) is 15.4. The summed E-state index contributed by atoms with van der Waals surface area (Å²) >= 11 is 6.35. The molecule has 0 amide bonds. The first-order chi connectivity index (χ1) is 11.4. The van der Waals surface area contributed by atoms with E-state index in [1.54, 1.807) is 6.33 Å². The van der Waals surface area contributed by atoms with Crippen molar-refractivity contribution in [2.24, 2.45) is 0 Å². The first-order valence-electron chi connectivity index (χ1n) is 8.45. The molecule has 5 nitrogen and oxygen atoms in total. The molecule has 3 rings (SSSR count). The fraction of sp³-hybridized carbons (Fsp3) is 0.556. The van der Waals surface area contributed by atoms with Crippen molar-refractivity contribution in [2.45, 2.75) is 45.7 Å². The van der Waals surface area contributed by atoms with Gasteiger partial charge < -0.3 is 4.74 Å². The highest BCUT2D eigenvalue weighted by molar-refractivity contribution is 6.32. The van der Waals surface area contributed by atoms with Gasteiger partial charge in [0.1, 0.15) is 17.9 Å². The lowest BCUT2D eigenvalue weighted by Crippen LogP contribution is -2.35. The summed E-state index contributed by atoms with van der Waals surface area (Å²) in [5, 5.41) is 4.89. The van der Waals surface area contributed by atoms with Gasteiger partial charge in [-0.05, 0) is 29.5 Å². The van der Waals surface area contributed by atoms with Crippen molar-refractivity contribution in [2.75, 3.05) is 19.7 Å². The van der Waals surface area contributed by atoms with E-state index in [9.17, 15) is 0 Å². The molecule has 130 valence electrons. The van der Waals surface area contributed by atoms with Gasteiger partial charge in [-0.3, -0.25) is 4.90 Å². The van der Waals surface area contributed by atoms with E-state index in [0.717, 1.165) is 44.2 Å². The smallest absolute Gasteiger partial charge is 0.141 e. The van der Waals surface area contributed by atoms with Crippen molar-refractivity contribution in [1.82, 2.24) is 19.7 Å². The Labute approximate surface area is 148 Å². The van der Waals surface area contributed by atoms with Gasteiger partial charge in [-0.25, -0.2) is 9.67 Å². The maximum absolute atomic E-state index is 6.35. The predicted molar refractivity (Wildman–Crippen MR) is 95.6 cm³/mol. The van der Waals surface area contributed by atoms with Gasteiger partial charge in [0.25, 0.3) is 0 Å². The van der Waals surface area contributed by atoms with Crippen molar-refractivity contribution in [3.63, 3.8) is 0 Å². The number of fused-ring (bicyclic) bond motifs is 1. The van der Waals surface area contributed by atoms with Crippen LogP contribution in [0.25, 0.3) is 0 Å². The van der Waals surface area contributed by atoms with Gasteiger partial charge in [-0.2, -0.15) is 5.10 Å². The molecule has 0 saturated carbocycles. The van der Waals surface area contributed by atoms with Crippen LogP contribution in [0.3, 0.4) is 0 Å². The van der Waals surface area contributed by atoms with Crippen LogP contribution in [-0.4, -0.2) is 39.4 Å². The molecule has 1 aromatic carbocycles. The van der Waals surface area contributed by atoms with E-state index in [1.165, 1.54) is 5.56 Å². The Balaban J connectivity index is 1.46. The highest BCUT2D eigenvalue weighted by Crippen LogP contribution is 2.31. The van der Waals surface area contributed by atoms with Crippen molar-refractivity contribution in [3.8, 4) is 5.75 Å². The standard InChI is InChI=1S/C18H25ClN4O/c1-18(2,3)14-5-6-16(15(19)11-14)24-10-4-7-22-8-9-23-17(12-22)20-13-21-23/h5-6,11,13H,4,7-10,12H2,1-3H3. The largest absolute Gasteiger partial charge is 0.492 e. The molecule has 0 aliphatic carbocycles. The maximum atomic E-state index is 6.35. The quantitative estimate of drug-likeness (QED) is 0.775. The Morgan fingerprint density at radius 3 is 2.83 bits per heavy atom. The van der Waals surface area contributed by atoms with E-state index >= 15 is 0 Å². The Morgan fingerprint density at radius 2 is 2.08 bits per heavy atom. The minimum Gasteiger partial charge on any atom is -0.492 e. The number of aromatic nitrogens is 3. The molecule has 1 aromatic heterocycles. The van der Waals surface area contributed by atoms with Crippen LogP contribution in [0.1, 0.15) is 38.6 Å². The zero-order chi connectivity index (χ0) is 17.2. The first kappa shape index (κ1) is 17.2. The van der Waals surface area contributed by atoms with E-state index in [0.29, 0.717) is 11.6 Å². The van der Waals surface area contributed by atoms with Crippen molar-refractivity contribution >= 4 is 11.6 Å². The summed E-state index contributed by atoms with van der Waals surface area (Å²) < 4.78 is 7.83. The molecule has 0 unspecified atom stereocenters. The molecular formula is C18H25ClN4O. The Bertz CT molecular complexity index is 693. The van der Waals surface area contributed by atoms with Crippen molar-refractivity contribution < 1.29 is 4.74 Å². The minimum absolute atomic E-state index is 0.0942. The Morgan fingerprint density at radius 1 is 1.25 bits per heavy atom. The third-order valence-corrected chi connectivity index (χ3v) is 4.66. The molecule has 0 fully saturated rings. The summed E-state index contributed by atoms with van der Waals surface area (Å²) in [7, 11) is 0. The van der Waals surface area contributed by atoms with E-state index in [1.807, 2.05) is 16.8 Å². The average molecular weight is 349 g/mol. The maximum Gasteiger partial charge on any atom is 0.141 e. The van der Waals surface area contributed by atoms with E-state index in [4.69, 9.17) is 16.3 Å². The second-order valence-electron chi connectivity index (χ2n) is 7.27. The molecule has 0 saturated heterocycles. The molecule has 2 heterocycles. The van der Waals surface area contributed by atoms with Gasteiger partial charge in [0, 0.05) is 13.1 Å². The van der Waals surface area contributed by atoms with Gasteiger partial charge in [-0.1, -0.05) is 38.4 Å². The number of halogens is 1. The number of hydrogen-bond acceptors (Lipinski definition) is 4. The molecule has 0 atom stereocenters. The van der Waals surface area contributed by atoms with Gasteiger partial charge in [0.15, 0.2) is 0 Å². The molecule has 0 bridgehead atoms. The van der Waals surface area contributed by atoms with Gasteiger partial charge in [0.05, 0.1) is 24.7 Å². The Hall–Kier alpha value is -1.59. The fourth-order valence-corrected chi connectivity index (χ4v) is 3.09. The molecule has 6 heteroatoms. The van der Waals surface area contributed by atoms with Crippen LogP contribution in [0.2, 0.25) is 5.02 Å². The van der Waals surface area contributed by atoms with E-state index < -0.39 is 0 Å². The average Bonchev–Trinajstić information content (AvgIpc) is 2.99. The summed E-state index contributed by atoms with van der Waals surface area (Å²) in [6, 6.07) is 6.08. The topological polar surface area (TPSA) is 43.2 Å². The highest BCUT2D eigenvalue weighted by atomic mass is 35.5. The van der Waals surface area contributed by atoms with Crippen LogP contribution in [0.4, 0.5) is 0 Å². The third kappa shape index (κ3) is 4.08. The second-order valence-corrected chi connectivity index (χ2v) is 7.68. The zero-order valence-electron chi connectivity index (χ0n) is 14.6. The Kier molecular flexibility index (Phi) is 5.11. The third-order valence-electron chi connectivity index (χ3n) is 4.36. The van der Waals surface area contributed by atoms with Crippen molar-refractivity contribution in [3.05, 3.63) is 40.9 Å². The lowest BCUT2D eigenvalue weighted by atomic mass is 9.87. The number of hydrogen-bond donors (Lipinski definition) is 0. The van der Waals surface area contributed by atoms with Crippen LogP contribution < -0.4 is 4.74 Å². The lowest BCUT2D eigenvalue weighted by Gasteiger charge is -2.26. The van der Waals surface area contributed by atoms with Crippen LogP contribution in [0.15, 0.2) is 24.5 Å². The first-order valence-corrected chi connectivity index (χ1v) is 8.83. The molecule has 0 N–H and O–H groups in total. The SMILES string of the molecule is CC(C)(C)c1ccc(OCCCN2CCn3ncnc3C2)c(Cl)c1. The summed E-state index contributed by atoms with van der Waals surface area (Å²) in [6.45, 7) is 11.0. The monoisotopic (exact) mass is 348 g/mol. The molecule has 1 aliphatic heterocycles. The minimum atomic E-state index is 0.0942. The van der Waals surface area contributed by atoms with Crippen LogP contribution in [-0.2, 0) is 18.5 Å². The number of benzene rings is 1. The van der Waals surface area contributed by atoms with Gasteiger partial charge in [-0.15, -0.1) is 0 Å².